The Kier molecular flexibility index (Phi) is 10.4. The van der Waals surface area contributed by atoms with Crippen molar-refractivity contribution in [1.82, 2.24) is 19.9 Å². The molecule has 7 aromatic heterocycles. The zero-order chi connectivity index (χ0) is 36.0. The van der Waals surface area contributed by atoms with Gasteiger partial charge in [0, 0.05) is 22.3 Å². The Morgan fingerprint density at radius 1 is 0.365 bits per heavy atom. The molecule has 0 fully saturated rings. The second-order valence-electron chi connectivity index (χ2n) is 11.4. The number of H-pyrrole nitrogens is 2. The molecule has 2 aliphatic heterocycles. The normalized spacial score (nSPS) is 13.2. The van der Waals surface area contributed by atoms with Crippen LogP contribution in [0.3, 0.4) is 0 Å². The van der Waals surface area contributed by atoms with Crippen LogP contribution in [0, 0.1) is 0 Å². The zero-order valence-corrected chi connectivity index (χ0v) is 41.4. The molecule has 0 aliphatic carbocycles. The smallest absolute Gasteiger partial charge is 0.0891 e. The van der Waals surface area contributed by atoms with Gasteiger partial charge in [-0.25, -0.2) is 9.97 Å². The average Bonchev–Trinajstić information content (AvgIpc) is 3.99. The standard InChI is InChI=1S/C36H14Br8N4S4/c37-21-23(39)31-18(14-2-6-50-10-14)33-25(41)27(43)35(47-33)20(16-4-8-52-12-16)36-28(44)26(42)34(48-36)19(15-3-7-51-11-15)32-24(40)22(38)30(46-32)17(29(21)45-31)13-1-5-49-9-13/h1-12,45,48H. The molecule has 8 bridgehead atoms. The summed E-state index contributed by atoms with van der Waals surface area (Å²) in [5.41, 5.74) is 14.6. The van der Waals surface area contributed by atoms with E-state index in [1.165, 1.54) is 0 Å². The van der Waals surface area contributed by atoms with E-state index in [0.717, 1.165) is 125 Å². The summed E-state index contributed by atoms with van der Waals surface area (Å²) < 4.78 is 6.91. The van der Waals surface area contributed by atoms with Crippen LogP contribution in [0.4, 0.5) is 0 Å². The molecule has 2 aliphatic rings. The highest BCUT2D eigenvalue weighted by Crippen LogP contribution is 2.53. The van der Waals surface area contributed by atoms with Crippen LogP contribution in [0.2, 0.25) is 0 Å². The summed E-state index contributed by atoms with van der Waals surface area (Å²) in [6, 6.07) is 8.53. The van der Waals surface area contributed by atoms with Crippen molar-refractivity contribution in [2.75, 3.05) is 0 Å². The third-order valence-electron chi connectivity index (χ3n) is 8.61. The summed E-state index contributed by atoms with van der Waals surface area (Å²) in [7, 11) is 0. The molecule has 9 heterocycles. The molecule has 0 saturated carbocycles. The van der Waals surface area contributed by atoms with Gasteiger partial charge in [0.05, 0.1) is 80.7 Å². The molecule has 2 N–H and O–H groups in total. The van der Waals surface area contributed by atoms with E-state index in [9.17, 15) is 0 Å². The molecule has 4 nitrogen and oxygen atoms in total. The molecule has 0 unspecified atom stereocenters. The molecule has 7 aromatic rings. The van der Waals surface area contributed by atoms with Gasteiger partial charge in [-0.2, -0.15) is 45.3 Å². The zero-order valence-electron chi connectivity index (χ0n) is 25.5. The van der Waals surface area contributed by atoms with Gasteiger partial charge in [0.2, 0.25) is 0 Å². The summed E-state index contributed by atoms with van der Waals surface area (Å²) >= 11 is 38.6. The molecule has 0 spiro atoms. The Labute approximate surface area is 380 Å². The maximum atomic E-state index is 5.49. The quantitative estimate of drug-likeness (QED) is 0.185. The van der Waals surface area contributed by atoms with E-state index in [-0.39, 0.29) is 0 Å². The Morgan fingerprint density at radius 2 is 0.596 bits per heavy atom. The number of aromatic amines is 2. The van der Waals surface area contributed by atoms with E-state index in [4.69, 9.17) is 9.97 Å². The second kappa shape index (κ2) is 14.6. The SMILES string of the molecule is BrC1=C(Br)c2nc1c(-c1ccsc1)c1[nH]c(c(Br)c1Br)c(-c1ccsc1)c1nc(c(-c3ccsc3)c3[nH]c(c(Br)c3Br)c2-c2ccsc2)C(Br)=C1Br. The maximum absolute atomic E-state index is 5.49. The number of aromatic nitrogens is 4. The molecular weight excluding hydrogens is 1260 g/mol. The monoisotopic (exact) mass is 1260 g/mol. The molecule has 0 amide bonds. The van der Waals surface area contributed by atoms with Crippen molar-refractivity contribution in [3.8, 4) is 44.5 Å². The summed E-state index contributed by atoms with van der Waals surface area (Å²) in [4.78, 5) is 18.7. The van der Waals surface area contributed by atoms with Gasteiger partial charge in [0.25, 0.3) is 0 Å². The summed E-state index contributed by atoms with van der Waals surface area (Å²) in [5.74, 6) is 0. The van der Waals surface area contributed by atoms with Crippen molar-refractivity contribution < 1.29 is 0 Å². The van der Waals surface area contributed by atoms with E-state index >= 15 is 0 Å². The summed E-state index contributed by atoms with van der Waals surface area (Å²) in [6.45, 7) is 0. The van der Waals surface area contributed by atoms with Crippen LogP contribution in [-0.2, 0) is 0 Å². The lowest BCUT2D eigenvalue weighted by Gasteiger charge is -2.05. The van der Waals surface area contributed by atoms with Gasteiger partial charge in [-0.3, -0.25) is 0 Å². The van der Waals surface area contributed by atoms with E-state index in [0.29, 0.717) is 0 Å². The largest absolute Gasteiger partial charge is 0.352 e. The van der Waals surface area contributed by atoms with Gasteiger partial charge in [-0.1, -0.05) is 0 Å². The first-order chi connectivity index (χ1) is 25.2. The van der Waals surface area contributed by atoms with Crippen LogP contribution in [-0.4, -0.2) is 19.9 Å². The van der Waals surface area contributed by atoms with Crippen LogP contribution >= 0.6 is 173 Å². The number of thiophene rings is 4. The van der Waals surface area contributed by atoms with Crippen molar-refractivity contribution in [1.29, 1.82) is 0 Å². The van der Waals surface area contributed by atoms with Crippen molar-refractivity contribution in [3.63, 3.8) is 0 Å². The number of nitrogens with zero attached hydrogens (tertiary/aromatic N) is 2. The molecule has 52 heavy (non-hydrogen) atoms. The molecule has 0 saturated heterocycles. The number of halogens is 8. The minimum absolute atomic E-state index is 0.795. The van der Waals surface area contributed by atoms with Crippen molar-refractivity contribution in [2.24, 2.45) is 0 Å². The molecular formula is C36H14Br8N4S4. The lowest BCUT2D eigenvalue weighted by atomic mass is 10.1. The average molecular weight is 1270 g/mol. The highest BCUT2D eigenvalue weighted by atomic mass is 79.9. The van der Waals surface area contributed by atoms with E-state index in [2.05, 4.69) is 205 Å². The van der Waals surface area contributed by atoms with E-state index in [1.807, 2.05) is 0 Å². The van der Waals surface area contributed by atoms with Crippen molar-refractivity contribution in [3.05, 3.63) is 108 Å². The molecule has 0 radical (unpaired) electrons. The topological polar surface area (TPSA) is 57.4 Å². The first-order valence-electron chi connectivity index (χ1n) is 14.9. The Bertz CT molecular complexity index is 2440. The fraction of sp³-hybridized carbons (Fsp3) is 0. The van der Waals surface area contributed by atoms with Gasteiger partial charge >= 0.3 is 0 Å². The number of hydrogen-bond donors (Lipinski definition) is 2. The van der Waals surface area contributed by atoms with E-state index in [1.54, 1.807) is 45.3 Å². The first-order valence-corrected chi connectivity index (χ1v) is 25.0. The van der Waals surface area contributed by atoms with Gasteiger partial charge in [0.1, 0.15) is 0 Å². The van der Waals surface area contributed by atoms with Gasteiger partial charge < -0.3 is 9.97 Å². The molecule has 258 valence electrons. The highest BCUT2D eigenvalue weighted by molar-refractivity contribution is 9.18. The Hall–Kier alpha value is -0.760. The van der Waals surface area contributed by atoms with Crippen molar-refractivity contribution in [2.45, 2.75) is 0 Å². The molecule has 9 rings (SSSR count). The third-order valence-corrected chi connectivity index (χ3v) is 19.7. The van der Waals surface area contributed by atoms with Crippen LogP contribution in [0.15, 0.2) is 85.2 Å². The molecule has 0 aromatic carbocycles. The van der Waals surface area contributed by atoms with Crippen LogP contribution in [0.25, 0.3) is 84.5 Å². The molecule has 0 atom stereocenters. The number of fused-ring (bicyclic) bond motifs is 8. The predicted octanol–water partition coefficient (Wildman–Crippen LogP) is 17.5. The fourth-order valence-corrected chi connectivity index (χ4v) is 12.8. The number of rotatable bonds is 4. The van der Waals surface area contributed by atoms with Crippen LogP contribution in [0.1, 0.15) is 22.8 Å². The van der Waals surface area contributed by atoms with Crippen LogP contribution in [0.5, 0.6) is 0 Å². The fourth-order valence-electron chi connectivity index (χ4n) is 6.32. The number of hydrogen-bond acceptors (Lipinski definition) is 6. The summed E-state index contributed by atoms with van der Waals surface area (Å²) in [5, 5.41) is 17.0. The Balaban J connectivity index is 1.62. The lowest BCUT2D eigenvalue weighted by molar-refractivity contribution is 1.31. The van der Waals surface area contributed by atoms with Crippen LogP contribution < -0.4 is 0 Å². The first kappa shape index (κ1) is 36.9. The third kappa shape index (κ3) is 5.91. The maximum Gasteiger partial charge on any atom is 0.0891 e. The second-order valence-corrected chi connectivity index (χ2v) is 20.9. The Morgan fingerprint density at radius 3 is 0.788 bits per heavy atom. The van der Waals surface area contributed by atoms with E-state index < -0.39 is 0 Å². The van der Waals surface area contributed by atoms with Gasteiger partial charge in [0.15, 0.2) is 0 Å². The molecule has 16 heteroatoms. The minimum atomic E-state index is 0.795. The lowest BCUT2D eigenvalue weighted by Crippen LogP contribution is -1.89. The number of nitrogens with one attached hydrogen (secondary N) is 2. The predicted molar refractivity (Wildman–Crippen MR) is 254 cm³/mol. The minimum Gasteiger partial charge on any atom is -0.352 e. The van der Waals surface area contributed by atoms with Crippen molar-refractivity contribution >= 4 is 213 Å². The van der Waals surface area contributed by atoms with Gasteiger partial charge in [-0.15, -0.1) is 0 Å². The van der Waals surface area contributed by atoms with Gasteiger partial charge in [-0.05, 0) is 217 Å². The summed E-state index contributed by atoms with van der Waals surface area (Å²) in [6.07, 6.45) is 0. The highest BCUT2D eigenvalue weighted by Gasteiger charge is 2.31.